The van der Waals surface area contributed by atoms with Crippen LogP contribution in [0.5, 0.6) is 0 Å². The Kier molecular flexibility index (Phi) is 3.24. The fourth-order valence-electron chi connectivity index (χ4n) is 2.11. The standard InChI is InChI=1S/C12H19NS/c1-9-7-12(14-10(9)2)8-13-11-5-3-4-6-11/h7,11,13H,3-6,8H2,1-2H3. The highest BCUT2D eigenvalue weighted by Crippen LogP contribution is 2.22. The fraction of sp³-hybridized carbons (Fsp3) is 0.667. The second kappa shape index (κ2) is 4.45. The smallest absolute Gasteiger partial charge is 0.0302 e. The zero-order valence-electron chi connectivity index (χ0n) is 9.10. The molecule has 0 unspecified atom stereocenters. The first-order chi connectivity index (χ1) is 6.75. The van der Waals surface area contributed by atoms with Crippen molar-refractivity contribution in [3.63, 3.8) is 0 Å². The first kappa shape index (κ1) is 10.2. The fourth-order valence-corrected chi connectivity index (χ4v) is 3.12. The van der Waals surface area contributed by atoms with Crippen LogP contribution in [0.4, 0.5) is 0 Å². The zero-order chi connectivity index (χ0) is 9.97. The summed E-state index contributed by atoms with van der Waals surface area (Å²) in [6.45, 7) is 5.48. The molecule has 1 saturated carbocycles. The third kappa shape index (κ3) is 2.37. The van der Waals surface area contributed by atoms with Gasteiger partial charge < -0.3 is 5.32 Å². The molecule has 0 aromatic carbocycles. The molecule has 0 saturated heterocycles. The molecule has 0 bridgehead atoms. The Morgan fingerprint density at radius 3 is 2.64 bits per heavy atom. The first-order valence-corrected chi connectivity index (χ1v) is 6.36. The van der Waals surface area contributed by atoms with Gasteiger partial charge >= 0.3 is 0 Å². The predicted octanol–water partition coefficient (Wildman–Crippen LogP) is 3.40. The summed E-state index contributed by atoms with van der Waals surface area (Å²) in [4.78, 5) is 2.96. The van der Waals surface area contributed by atoms with Gasteiger partial charge in [-0.25, -0.2) is 0 Å². The van der Waals surface area contributed by atoms with E-state index >= 15 is 0 Å². The van der Waals surface area contributed by atoms with Crippen molar-refractivity contribution in [1.82, 2.24) is 5.32 Å². The molecular formula is C12H19NS. The topological polar surface area (TPSA) is 12.0 Å². The number of aryl methyl sites for hydroxylation is 2. The molecule has 0 spiro atoms. The maximum Gasteiger partial charge on any atom is 0.0302 e. The predicted molar refractivity (Wildman–Crippen MR) is 62.9 cm³/mol. The van der Waals surface area contributed by atoms with Crippen molar-refractivity contribution in [2.45, 2.75) is 52.1 Å². The molecule has 78 valence electrons. The monoisotopic (exact) mass is 209 g/mol. The molecule has 1 N–H and O–H groups in total. The maximum atomic E-state index is 3.65. The third-order valence-corrected chi connectivity index (χ3v) is 4.29. The first-order valence-electron chi connectivity index (χ1n) is 5.55. The van der Waals surface area contributed by atoms with E-state index in [4.69, 9.17) is 0 Å². The van der Waals surface area contributed by atoms with Gasteiger partial charge in [0.05, 0.1) is 0 Å². The van der Waals surface area contributed by atoms with Gasteiger partial charge in [-0.1, -0.05) is 12.8 Å². The Bertz CT molecular complexity index is 278. The number of nitrogens with one attached hydrogen (secondary N) is 1. The molecule has 0 radical (unpaired) electrons. The lowest BCUT2D eigenvalue weighted by Crippen LogP contribution is -2.24. The van der Waals surface area contributed by atoms with Gasteiger partial charge in [-0.05, 0) is 38.3 Å². The van der Waals surface area contributed by atoms with Gasteiger partial charge in [0.15, 0.2) is 0 Å². The summed E-state index contributed by atoms with van der Waals surface area (Å²) in [6.07, 6.45) is 5.59. The average Bonchev–Trinajstić information content (AvgIpc) is 2.74. The minimum Gasteiger partial charge on any atom is -0.309 e. The summed E-state index contributed by atoms with van der Waals surface area (Å²) in [6, 6.07) is 3.11. The van der Waals surface area contributed by atoms with Crippen molar-refractivity contribution < 1.29 is 0 Å². The Balaban J connectivity index is 1.85. The molecule has 1 aliphatic rings. The van der Waals surface area contributed by atoms with Crippen molar-refractivity contribution in [2.24, 2.45) is 0 Å². The highest BCUT2D eigenvalue weighted by atomic mass is 32.1. The zero-order valence-corrected chi connectivity index (χ0v) is 9.91. The van der Waals surface area contributed by atoms with Crippen molar-refractivity contribution in [3.05, 3.63) is 21.4 Å². The summed E-state index contributed by atoms with van der Waals surface area (Å²) >= 11 is 1.94. The van der Waals surface area contributed by atoms with E-state index in [1.807, 2.05) is 11.3 Å². The summed E-state index contributed by atoms with van der Waals surface area (Å²) < 4.78 is 0. The van der Waals surface area contributed by atoms with Gasteiger partial charge in [0.25, 0.3) is 0 Å². The van der Waals surface area contributed by atoms with Gasteiger partial charge in [0, 0.05) is 22.3 Å². The van der Waals surface area contributed by atoms with Gasteiger partial charge in [0.2, 0.25) is 0 Å². The van der Waals surface area contributed by atoms with E-state index in [1.54, 1.807) is 0 Å². The minimum absolute atomic E-state index is 0.790. The highest BCUT2D eigenvalue weighted by Gasteiger charge is 2.14. The number of thiophene rings is 1. The summed E-state index contributed by atoms with van der Waals surface area (Å²) in [5.41, 5.74) is 1.44. The molecule has 0 atom stereocenters. The lowest BCUT2D eigenvalue weighted by Gasteiger charge is -2.09. The van der Waals surface area contributed by atoms with Crippen molar-refractivity contribution >= 4 is 11.3 Å². The Morgan fingerprint density at radius 1 is 1.36 bits per heavy atom. The van der Waals surface area contributed by atoms with Crippen LogP contribution in [0.15, 0.2) is 6.07 Å². The van der Waals surface area contributed by atoms with Crippen LogP contribution < -0.4 is 5.32 Å². The Hall–Kier alpha value is -0.340. The van der Waals surface area contributed by atoms with E-state index in [9.17, 15) is 0 Å². The van der Waals surface area contributed by atoms with E-state index in [1.165, 1.54) is 41.0 Å². The van der Waals surface area contributed by atoms with E-state index in [2.05, 4.69) is 25.2 Å². The highest BCUT2D eigenvalue weighted by molar-refractivity contribution is 7.12. The van der Waals surface area contributed by atoms with Gasteiger partial charge in [0.1, 0.15) is 0 Å². The van der Waals surface area contributed by atoms with Gasteiger partial charge in [-0.2, -0.15) is 0 Å². The van der Waals surface area contributed by atoms with E-state index in [0.29, 0.717) is 0 Å². The largest absolute Gasteiger partial charge is 0.309 e. The van der Waals surface area contributed by atoms with Gasteiger partial charge in [-0.3, -0.25) is 0 Å². The van der Waals surface area contributed by atoms with Gasteiger partial charge in [-0.15, -0.1) is 11.3 Å². The molecule has 2 rings (SSSR count). The molecule has 1 aromatic rings. The van der Waals surface area contributed by atoms with Crippen LogP contribution in [0, 0.1) is 13.8 Å². The molecular weight excluding hydrogens is 190 g/mol. The van der Waals surface area contributed by atoms with Crippen LogP contribution in [-0.2, 0) is 6.54 Å². The molecule has 1 aromatic heterocycles. The van der Waals surface area contributed by atoms with Crippen LogP contribution in [0.25, 0.3) is 0 Å². The third-order valence-electron chi connectivity index (χ3n) is 3.14. The SMILES string of the molecule is Cc1cc(CNC2CCCC2)sc1C. The molecule has 1 fully saturated rings. The molecule has 1 aliphatic carbocycles. The second-order valence-corrected chi connectivity index (χ2v) is 5.66. The normalized spacial score (nSPS) is 17.9. The number of hydrogen-bond acceptors (Lipinski definition) is 2. The molecule has 0 amide bonds. The lowest BCUT2D eigenvalue weighted by atomic mass is 10.2. The molecule has 14 heavy (non-hydrogen) atoms. The van der Waals surface area contributed by atoms with Crippen molar-refractivity contribution in [2.75, 3.05) is 0 Å². The summed E-state index contributed by atoms with van der Waals surface area (Å²) in [5.74, 6) is 0. The molecule has 0 aliphatic heterocycles. The van der Waals surface area contributed by atoms with Crippen molar-refractivity contribution in [1.29, 1.82) is 0 Å². The van der Waals surface area contributed by atoms with Crippen LogP contribution in [0.1, 0.15) is 41.0 Å². The number of hydrogen-bond donors (Lipinski definition) is 1. The van der Waals surface area contributed by atoms with Crippen LogP contribution >= 0.6 is 11.3 Å². The Morgan fingerprint density at radius 2 is 2.07 bits per heavy atom. The van der Waals surface area contributed by atoms with Crippen LogP contribution in [0.3, 0.4) is 0 Å². The van der Waals surface area contributed by atoms with Crippen LogP contribution in [0.2, 0.25) is 0 Å². The molecule has 2 heteroatoms. The van der Waals surface area contributed by atoms with Crippen molar-refractivity contribution in [3.8, 4) is 0 Å². The van der Waals surface area contributed by atoms with Crippen LogP contribution in [-0.4, -0.2) is 6.04 Å². The quantitative estimate of drug-likeness (QED) is 0.804. The molecule has 1 heterocycles. The maximum absolute atomic E-state index is 3.65. The summed E-state index contributed by atoms with van der Waals surface area (Å²) in [7, 11) is 0. The minimum atomic E-state index is 0.790. The Labute approximate surface area is 90.5 Å². The summed E-state index contributed by atoms with van der Waals surface area (Å²) in [5, 5.41) is 3.65. The lowest BCUT2D eigenvalue weighted by molar-refractivity contribution is 0.527. The molecule has 1 nitrogen and oxygen atoms in total. The number of rotatable bonds is 3. The average molecular weight is 209 g/mol. The second-order valence-electron chi connectivity index (χ2n) is 4.31. The van der Waals surface area contributed by atoms with E-state index < -0.39 is 0 Å². The van der Waals surface area contributed by atoms with E-state index in [-0.39, 0.29) is 0 Å². The van der Waals surface area contributed by atoms with E-state index in [0.717, 1.165) is 12.6 Å².